The smallest absolute Gasteiger partial charge is 0.0804 e. The molecule has 0 saturated carbocycles. The SMILES string of the molecule is COCC1CCN(CCC(O)c2ccccc2C)CC1. The number of aliphatic hydroxyl groups excluding tert-OH is 1. The van der Waals surface area contributed by atoms with Crippen LogP contribution in [-0.4, -0.2) is 43.4 Å². The Bertz CT molecular complexity index is 400. The van der Waals surface area contributed by atoms with E-state index < -0.39 is 0 Å². The standard InChI is InChI=1S/C17H27NO2/c1-14-5-3-4-6-16(14)17(19)9-12-18-10-7-15(8-11-18)13-20-2/h3-6,15,17,19H,7-13H2,1-2H3. The second-order valence-electron chi connectivity index (χ2n) is 5.90. The summed E-state index contributed by atoms with van der Waals surface area (Å²) < 4.78 is 5.23. The predicted octanol–water partition coefficient (Wildman–Crippen LogP) is 2.78. The van der Waals surface area contributed by atoms with Crippen LogP contribution in [0.25, 0.3) is 0 Å². The van der Waals surface area contributed by atoms with Gasteiger partial charge in [-0.25, -0.2) is 0 Å². The van der Waals surface area contributed by atoms with E-state index in [4.69, 9.17) is 4.74 Å². The molecule has 1 atom stereocenters. The molecule has 20 heavy (non-hydrogen) atoms. The Labute approximate surface area is 122 Å². The molecule has 0 radical (unpaired) electrons. The Balaban J connectivity index is 1.75. The highest BCUT2D eigenvalue weighted by atomic mass is 16.5. The maximum Gasteiger partial charge on any atom is 0.0804 e. The van der Waals surface area contributed by atoms with Crippen LogP contribution < -0.4 is 0 Å². The second kappa shape index (κ2) is 7.77. The third-order valence-electron chi connectivity index (χ3n) is 4.38. The molecule has 1 saturated heterocycles. The van der Waals surface area contributed by atoms with E-state index in [1.165, 1.54) is 18.4 Å². The van der Waals surface area contributed by atoms with Crippen molar-refractivity contribution in [2.75, 3.05) is 33.4 Å². The Morgan fingerprint density at radius 2 is 2.00 bits per heavy atom. The van der Waals surface area contributed by atoms with Crippen molar-refractivity contribution in [1.29, 1.82) is 0 Å². The van der Waals surface area contributed by atoms with Crippen molar-refractivity contribution in [2.24, 2.45) is 5.92 Å². The third kappa shape index (κ3) is 4.30. The molecule has 1 aromatic rings. The zero-order valence-corrected chi connectivity index (χ0v) is 12.7. The van der Waals surface area contributed by atoms with Crippen molar-refractivity contribution in [2.45, 2.75) is 32.3 Å². The van der Waals surface area contributed by atoms with Gasteiger partial charge in [0.15, 0.2) is 0 Å². The molecule has 0 aromatic heterocycles. The van der Waals surface area contributed by atoms with Crippen molar-refractivity contribution in [3.05, 3.63) is 35.4 Å². The van der Waals surface area contributed by atoms with Crippen molar-refractivity contribution < 1.29 is 9.84 Å². The molecule has 1 fully saturated rings. The summed E-state index contributed by atoms with van der Waals surface area (Å²) in [6, 6.07) is 8.12. The van der Waals surface area contributed by atoms with Gasteiger partial charge in [-0.1, -0.05) is 24.3 Å². The van der Waals surface area contributed by atoms with Gasteiger partial charge in [0.1, 0.15) is 0 Å². The van der Waals surface area contributed by atoms with Crippen molar-refractivity contribution in [1.82, 2.24) is 4.90 Å². The highest BCUT2D eigenvalue weighted by Crippen LogP contribution is 2.22. The normalized spacial score (nSPS) is 19.1. The van der Waals surface area contributed by atoms with Gasteiger partial charge >= 0.3 is 0 Å². The number of likely N-dealkylation sites (tertiary alicyclic amines) is 1. The first-order valence-corrected chi connectivity index (χ1v) is 7.65. The molecular weight excluding hydrogens is 250 g/mol. The lowest BCUT2D eigenvalue weighted by molar-refractivity contribution is 0.0868. The van der Waals surface area contributed by atoms with E-state index in [0.717, 1.165) is 44.1 Å². The van der Waals surface area contributed by atoms with Crippen LogP contribution in [0.1, 0.15) is 36.5 Å². The zero-order chi connectivity index (χ0) is 14.4. The van der Waals surface area contributed by atoms with Gasteiger partial charge in [-0.15, -0.1) is 0 Å². The molecule has 0 bridgehead atoms. The van der Waals surface area contributed by atoms with E-state index in [1.54, 1.807) is 7.11 Å². The van der Waals surface area contributed by atoms with E-state index >= 15 is 0 Å². The minimum Gasteiger partial charge on any atom is -0.388 e. The van der Waals surface area contributed by atoms with Crippen LogP contribution in [0.15, 0.2) is 24.3 Å². The number of methoxy groups -OCH3 is 1. The first-order chi connectivity index (χ1) is 9.70. The molecule has 1 N–H and O–H groups in total. The lowest BCUT2D eigenvalue weighted by atomic mass is 9.97. The first kappa shape index (κ1) is 15.5. The van der Waals surface area contributed by atoms with Crippen LogP contribution in [-0.2, 0) is 4.74 Å². The average molecular weight is 277 g/mol. The summed E-state index contributed by atoms with van der Waals surface area (Å²) in [5.41, 5.74) is 2.25. The Hall–Kier alpha value is -0.900. The van der Waals surface area contributed by atoms with Crippen LogP contribution in [0.2, 0.25) is 0 Å². The maximum atomic E-state index is 10.3. The van der Waals surface area contributed by atoms with Crippen LogP contribution in [0.3, 0.4) is 0 Å². The van der Waals surface area contributed by atoms with Gasteiger partial charge < -0.3 is 14.7 Å². The van der Waals surface area contributed by atoms with Crippen LogP contribution in [0.4, 0.5) is 0 Å². The molecule has 1 heterocycles. The Morgan fingerprint density at radius 3 is 2.65 bits per heavy atom. The summed E-state index contributed by atoms with van der Waals surface area (Å²) >= 11 is 0. The average Bonchev–Trinajstić information content (AvgIpc) is 2.47. The molecule has 1 aliphatic rings. The largest absolute Gasteiger partial charge is 0.388 e. The van der Waals surface area contributed by atoms with Crippen LogP contribution >= 0.6 is 0 Å². The Morgan fingerprint density at radius 1 is 1.30 bits per heavy atom. The lowest BCUT2D eigenvalue weighted by Gasteiger charge is -2.32. The zero-order valence-electron chi connectivity index (χ0n) is 12.7. The molecule has 1 unspecified atom stereocenters. The van der Waals surface area contributed by atoms with E-state index in [0.29, 0.717) is 0 Å². The van der Waals surface area contributed by atoms with Gasteiger partial charge in [-0.05, 0) is 56.3 Å². The molecule has 2 rings (SSSR count). The fourth-order valence-electron chi connectivity index (χ4n) is 3.03. The van der Waals surface area contributed by atoms with Crippen molar-refractivity contribution in [3.63, 3.8) is 0 Å². The van der Waals surface area contributed by atoms with Crippen LogP contribution in [0, 0.1) is 12.8 Å². The number of nitrogens with zero attached hydrogens (tertiary/aromatic N) is 1. The van der Waals surface area contributed by atoms with Gasteiger partial charge in [-0.2, -0.15) is 0 Å². The molecule has 1 aromatic carbocycles. The molecule has 112 valence electrons. The van der Waals surface area contributed by atoms with E-state index in [2.05, 4.69) is 17.9 Å². The maximum absolute atomic E-state index is 10.3. The minimum atomic E-state index is -0.340. The number of aryl methyl sites for hydroxylation is 1. The predicted molar refractivity (Wildman–Crippen MR) is 81.8 cm³/mol. The summed E-state index contributed by atoms with van der Waals surface area (Å²) in [5, 5.41) is 10.3. The van der Waals surface area contributed by atoms with Gasteiger partial charge in [-0.3, -0.25) is 0 Å². The fraction of sp³-hybridized carbons (Fsp3) is 0.647. The van der Waals surface area contributed by atoms with E-state index in [9.17, 15) is 5.11 Å². The third-order valence-corrected chi connectivity index (χ3v) is 4.38. The number of ether oxygens (including phenoxy) is 1. The Kier molecular flexibility index (Phi) is 6.02. The number of aliphatic hydroxyl groups is 1. The summed E-state index contributed by atoms with van der Waals surface area (Å²) in [7, 11) is 1.78. The number of benzene rings is 1. The molecule has 0 spiro atoms. The quantitative estimate of drug-likeness (QED) is 0.868. The molecule has 3 nitrogen and oxygen atoms in total. The fourth-order valence-corrected chi connectivity index (χ4v) is 3.03. The lowest BCUT2D eigenvalue weighted by Crippen LogP contribution is -2.36. The summed E-state index contributed by atoms with van der Waals surface area (Å²) in [6.07, 6.45) is 2.91. The van der Waals surface area contributed by atoms with Gasteiger partial charge in [0.25, 0.3) is 0 Å². The topological polar surface area (TPSA) is 32.7 Å². The highest BCUT2D eigenvalue weighted by molar-refractivity contribution is 5.27. The van der Waals surface area contributed by atoms with Crippen molar-refractivity contribution >= 4 is 0 Å². The van der Waals surface area contributed by atoms with Crippen molar-refractivity contribution in [3.8, 4) is 0 Å². The van der Waals surface area contributed by atoms with Gasteiger partial charge in [0, 0.05) is 20.3 Å². The van der Waals surface area contributed by atoms with E-state index in [1.807, 2.05) is 18.2 Å². The van der Waals surface area contributed by atoms with E-state index in [-0.39, 0.29) is 6.10 Å². The summed E-state index contributed by atoms with van der Waals surface area (Å²) in [4.78, 5) is 2.47. The number of hydrogen-bond acceptors (Lipinski definition) is 3. The number of rotatable bonds is 6. The number of hydrogen-bond donors (Lipinski definition) is 1. The first-order valence-electron chi connectivity index (χ1n) is 7.65. The highest BCUT2D eigenvalue weighted by Gasteiger charge is 2.20. The summed E-state index contributed by atoms with van der Waals surface area (Å²) in [5.74, 6) is 0.720. The van der Waals surface area contributed by atoms with Gasteiger partial charge in [0.05, 0.1) is 6.10 Å². The monoisotopic (exact) mass is 277 g/mol. The molecule has 0 aliphatic carbocycles. The minimum absolute atomic E-state index is 0.340. The molecular formula is C17H27NO2. The second-order valence-corrected chi connectivity index (χ2v) is 5.90. The molecule has 0 amide bonds. The molecule has 3 heteroatoms. The number of piperidine rings is 1. The molecule has 1 aliphatic heterocycles. The summed E-state index contributed by atoms with van der Waals surface area (Å²) in [6.45, 7) is 6.20. The van der Waals surface area contributed by atoms with Gasteiger partial charge in [0.2, 0.25) is 0 Å². The van der Waals surface area contributed by atoms with Crippen LogP contribution in [0.5, 0.6) is 0 Å².